The van der Waals surface area contributed by atoms with Crippen LogP contribution >= 0.6 is 0 Å². The SMILES string of the molecule is CCN(CC(C)(C)O)c1ccc(CNC)c(C)c1. The molecule has 0 radical (unpaired) electrons. The predicted molar refractivity (Wildman–Crippen MR) is 78.1 cm³/mol. The monoisotopic (exact) mass is 250 g/mol. The van der Waals surface area contributed by atoms with Crippen molar-refractivity contribution in [2.45, 2.75) is 39.8 Å². The largest absolute Gasteiger partial charge is 0.389 e. The van der Waals surface area contributed by atoms with Crippen LogP contribution in [0.3, 0.4) is 0 Å². The number of likely N-dealkylation sites (N-methyl/N-ethyl adjacent to an activating group) is 1. The minimum absolute atomic E-state index is 0.647. The van der Waals surface area contributed by atoms with Gasteiger partial charge in [0.25, 0.3) is 0 Å². The normalized spacial score (nSPS) is 11.7. The molecule has 102 valence electrons. The zero-order valence-corrected chi connectivity index (χ0v) is 12.2. The lowest BCUT2D eigenvalue weighted by Crippen LogP contribution is -2.38. The van der Waals surface area contributed by atoms with Crippen LogP contribution in [0.1, 0.15) is 31.9 Å². The first-order valence-corrected chi connectivity index (χ1v) is 6.59. The van der Waals surface area contributed by atoms with Gasteiger partial charge in [-0.1, -0.05) is 6.07 Å². The highest BCUT2D eigenvalue weighted by Crippen LogP contribution is 2.21. The highest BCUT2D eigenvalue weighted by atomic mass is 16.3. The highest BCUT2D eigenvalue weighted by Gasteiger charge is 2.17. The van der Waals surface area contributed by atoms with Crippen LogP contribution in [0.2, 0.25) is 0 Å². The Hall–Kier alpha value is -1.06. The van der Waals surface area contributed by atoms with Crippen molar-refractivity contribution in [3.63, 3.8) is 0 Å². The van der Waals surface area contributed by atoms with Crippen molar-refractivity contribution in [3.8, 4) is 0 Å². The second-order valence-corrected chi connectivity index (χ2v) is 5.47. The molecule has 0 atom stereocenters. The molecule has 1 aromatic carbocycles. The van der Waals surface area contributed by atoms with Crippen LogP contribution in [0, 0.1) is 6.92 Å². The van der Waals surface area contributed by atoms with Crippen molar-refractivity contribution in [3.05, 3.63) is 29.3 Å². The zero-order chi connectivity index (χ0) is 13.8. The summed E-state index contributed by atoms with van der Waals surface area (Å²) in [5.41, 5.74) is 3.11. The molecule has 0 unspecified atom stereocenters. The zero-order valence-electron chi connectivity index (χ0n) is 12.2. The summed E-state index contributed by atoms with van der Waals surface area (Å²) in [6, 6.07) is 6.49. The van der Waals surface area contributed by atoms with E-state index in [4.69, 9.17) is 0 Å². The minimum Gasteiger partial charge on any atom is -0.389 e. The number of hydrogen-bond acceptors (Lipinski definition) is 3. The Morgan fingerprint density at radius 2 is 2.00 bits per heavy atom. The average Bonchev–Trinajstić information content (AvgIpc) is 2.28. The van der Waals surface area contributed by atoms with E-state index in [-0.39, 0.29) is 0 Å². The number of anilines is 1. The van der Waals surface area contributed by atoms with Gasteiger partial charge in [-0.25, -0.2) is 0 Å². The van der Waals surface area contributed by atoms with Crippen molar-refractivity contribution >= 4 is 5.69 Å². The van der Waals surface area contributed by atoms with Crippen molar-refractivity contribution < 1.29 is 5.11 Å². The van der Waals surface area contributed by atoms with Crippen molar-refractivity contribution in [2.24, 2.45) is 0 Å². The Kier molecular flexibility index (Phi) is 5.17. The van der Waals surface area contributed by atoms with Crippen LogP contribution in [0.4, 0.5) is 5.69 Å². The summed E-state index contributed by atoms with van der Waals surface area (Å²) < 4.78 is 0. The molecule has 2 N–H and O–H groups in total. The second-order valence-electron chi connectivity index (χ2n) is 5.47. The number of rotatable bonds is 6. The maximum absolute atomic E-state index is 9.94. The summed E-state index contributed by atoms with van der Waals surface area (Å²) in [5.74, 6) is 0. The summed E-state index contributed by atoms with van der Waals surface area (Å²) in [6.45, 7) is 10.4. The van der Waals surface area contributed by atoms with Gasteiger partial charge in [-0.3, -0.25) is 0 Å². The molecule has 0 heterocycles. The number of nitrogens with one attached hydrogen (secondary N) is 1. The second kappa shape index (κ2) is 6.21. The van der Waals surface area contributed by atoms with Gasteiger partial charge >= 0.3 is 0 Å². The molecule has 1 aromatic rings. The first-order valence-electron chi connectivity index (χ1n) is 6.59. The van der Waals surface area contributed by atoms with Gasteiger partial charge in [0, 0.05) is 25.3 Å². The highest BCUT2D eigenvalue weighted by molar-refractivity contribution is 5.51. The van der Waals surface area contributed by atoms with E-state index in [0.717, 1.165) is 13.1 Å². The lowest BCUT2D eigenvalue weighted by Gasteiger charge is -2.30. The van der Waals surface area contributed by atoms with E-state index < -0.39 is 5.60 Å². The first-order chi connectivity index (χ1) is 8.37. The van der Waals surface area contributed by atoms with Gasteiger partial charge in [0.15, 0.2) is 0 Å². The van der Waals surface area contributed by atoms with E-state index in [0.29, 0.717) is 6.54 Å². The number of aryl methyl sites for hydroxylation is 1. The molecule has 0 aliphatic heterocycles. The molecule has 0 saturated carbocycles. The molecule has 0 amide bonds. The fraction of sp³-hybridized carbons (Fsp3) is 0.600. The fourth-order valence-corrected chi connectivity index (χ4v) is 2.12. The molecule has 1 rings (SSSR count). The van der Waals surface area contributed by atoms with Gasteiger partial charge in [-0.05, 0) is 58.0 Å². The van der Waals surface area contributed by atoms with Crippen LogP contribution in [-0.4, -0.2) is 30.8 Å². The molecule has 0 aromatic heterocycles. The van der Waals surface area contributed by atoms with Crippen molar-refractivity contribution in [1.82, 2.24) is 5.32 Å². The third kappa shape index (κ3) is 4.31. The van der Waals surface area contributed by atoms with Crippen LogP contribution in [0.15, 0.2) is 18.2 Å². The van der Waals surface area contributed by atoms with Gasteiger partial charge in [-0.2, -0.15) is 0 Å². The Balaban J connectivity index is 2.90. The summed E-state index contributed by atoms with van der Waals surface area (Å²) in [6.07, 6.45) is 0. The van der Waals surface area contributed by atoms with Crippen LogP contribution in [0.25, 0.3) is 0 Å². The van der Waals surface area contributed by atoms with Gasteiger partial charge in [0.2, 0.25) is 0 Å². The number of hydrogen-bond donors (Lipinski definition) is 2. The van der Waals surface area contributed by atoms with Gasteiger partial charge in [0.05, 0.1) is 5.60 Å². The Bertz CT molecular complexity index is 383. The summed E-state index contributed by atoms with van der Waals surface area (Å²) >= 11 is 0. The Morgan fingerprint density at radius 1 is 1.33 bits per heavy atom. The summed E-state index contributed by atoms with van der Waals surface area (Å²) in [4.78, 5) is 2.20. The van der Waals surface area contributed by atoms with E-state index in [1.807, 2.05) is 20.9 Å². The van der Waals surface area contributed by atoms with E-state index in [9.17, 15) is 5.11 Å². The van der Waals surface area contributed by atoms with Crippen LogP contribution in [0.5, 0.6) is 0 Å². The van der Waals surface area contributed by atoms with Crippen LogP contribution < -0.4 is 10.2 Å². The maximum Gasteiger partial charge on any atom is 0.0765 e. The molecule has 3 heteroatoms. The molecule has 3 nitrogen and oxygen atoms in total. The van der Waals surface area contributed by atoms with Gasteiger partial charge in [-0.15, -0.1) is 0 Å². The molecule has 0 bridgehead atoms. The van der Waals surface area contributed by atoms with E-state index in [1.165, 1.54) is 16.8 Å². The third-order valence-electron chi connectivity index (χ3n) is 3.02. The van der Waals surface area contributed by atoms with E-state index in [1.54, 1.807) is 0 Å². The molecule has 0 aliphatic rings. The topological polar surface area (TPSA) is 35.5 Å². The van der Waals surface area contributed by atoms with Crippen molar-refractivity contribution in [1.29, 1.82) is 0 Å². The quantitative estimate of drug-likeness (QED) is 0.813. The Labute approximate surface area is 111 Å². The van der Waals surface area contributed by atoms with Gasteiger partial charge in [0.1, 0.15) is 0 Å². The number of aliphatic hydroxyl groups is 1. The molecule has 0 spiro atoms. The minimum atomic E-state index is -0.673. The first kappa shape index (κ1) is 15.0. The molecule has 0 aliphatic carbocycles. The predicted octanol–water partition coefficient (Wildman–Crippen LogP) is 2.31. The molecule has 0 saturated heterocycles. The number of nitrogens with zero attached hydrogens (tertiary/aromatic N) is 1. The van der Waals surface area contributed by atoms with E-state index in [2.05, 4.69) is 42.3 Å². The molecular formula is C15H26N2O. The van der Waals surface area contributed by atoms with Gasteiger partial charge < -0.3 is 15.3 Å². The smallest absolute Gasteiger partial charge is 0.0765 e. The Morgan fingerprint density at radius 3 is 2.44 bits per heavy atom. The van der Waals surface area contributed by atoms with Crippen molar-refractivity contribution in [2.75, 3.05) is 25.0 Å². The molecular weight excluding hydrogens is 224 g/mol. The summed E-state index contributed by atoms with van der Waals surface area (Å²) in [7, 11) is 1.96. The molecule has 0 fully saturated rings. The fourth-order valence-electron chi connectivity index (χ4n) is 2.12. The number of benzene rings is 1. The molecule has 18 heavy (non-hydrogen) atoms. The summed E-state index contributed by atoms with van der Waals surface area (Å²) in [5, 5.41) is 13.1. The van der Waals surface area contributed by atoms with Crippen LogP contribution in [-0.2, 0) is 6.54 Å². The third-order valence-corrected chi connectivity index (χ3v) is 3.02. The lowest BCUT2D eigenvalue weighted by molar-refractivity contribution is 0.0876. The lowest BCUT2D eigenvalue weighted by atomic mass is 10.1. The average molecular weight is 250 g/mol. The van der Waals surface area contributed by atoms with E-state index >= 15 is 0 Å². The maximum atomic E-state index is 9.94. The standard InChI is InChI=1S/C15H26N2O/c1-6-17(11-15(3,4)18)14-8-7-13(10-16-5)12(2)9-14/h7-9,16,18H,6,10-11H2,1-5H3.